The van der Waals surface area contributed by atoms with Crippen molar-refractivity contribution in [3.8, 4) is 5.75 Å². The summed E-state index contributed by atoms with van der Waals surface area (Å²) in [5.74, 6) is 0.850. The molecule has 0 unspecified atom stereocenters. The molecule has 0 aliphatic rings. The van der Waals surface area contributed by atoms with Crippen LogP contribution in [0.15, 0.2) is 24.3 Å². The zero-order valence-electron chi connectivity index (χ0n) is 26.6. The van der Waals surface area contributed by atoms with Crippen molar-refractivity contribution in [2.75, 3.05) is 159 Å². The number of benzene rings is 1. The fourth-order valence-electron chi connectivity index (χ4n) is 3.22. The Morgan fingerprint density at radius 1 is 0.341 bits per heavy atom. The average Bonchev–Trinajstić information content (AvgIpc) is 3.03. The van der Waals surface area contributed by atoms with E-state index >= 15 is 0 Å². The lowest BCUT2D eigenvalue weighted by atomic mass is 10.2. The van der Waals surface area contributed by atoms with E-state index in [2.05, 4.69) is 0 Å². The zero-order chi connectivity index (χ0) is 31.4. The summed E-state index contributed by atoms with van der Waals surface area (Å²) in [4.78, 5) is 0. The first-order valence-corrected chi connectivity index (χ1v) is 15.5. The molecule has 0 amide bonds. The molecule has 0 radical (unpaired) electrons. The molecule has 0 atom stereocenters. The number of aryl methyl sites for hydroxylation is 1. The Bertz CT molecular complexity index is 681. The molecule has 258 valence electrons. The van der Waals surface area contributed by atoms with E-state index in [-0.39, 0.29) is 6.61 Å². The highest BCUT2D eigenvalue weighted by molar-refractivity contribution is 5.26. The molecule has 0 fully saturated rings. The summed E-state index contributed by atoms with van der Waals surface area (Å²) < 4.78 is 65.2. The van der Waals surface area contributed by atoms with E-state index in [0.29, 0.717) is 152 Å². The summed E-state index contributed by atoms with van der Waals surface area (Å²) in [5.41, 5.74) is 1.21. The summed E-state index contributed by atoms with van der Waals surface area (Å²) in [6.45, 7) is 13.6. The van der Waals surface area contributed by atoms with Crippen LogP contribution in [0.4, 0.5) is 0 Å². The van der Waals surface area contributed by atoms with Crippen LogP contribution in [0.3, 0.4) is 0 Å². The second kappa shape index (κ2) is 34.4. The van der Waals surface area contributed by atoms with Gasteiger partial charge in [0, 0.05) is 0 Å². The van der Waals surface area contributed by atoms with Crippen LogP contribution in [-0.4, -0.2) is 164 Å². The number of ether oxygens (including phenoxy) is 12. The van der Waals surface area contributed by atoms with Gasteiger partial charge in [0.1, 0.15) is 12.4 Å². The van der Waals surface area contributed by atoms with Gasteiger partial charge >= 0.3 is 0 Å². The molecular weight excluding hydrogens is 580 g/mol. The largest absolute Gasteiger partial charge is 0.491 e. The predicted molar refractivity (Wildman–Crippen MR) is 163 cm³/mol. The third-order valence-corrected chi connectivity index (χ3v) is 5.47. The molecule has 1 aromatic rings. The molecule has 1 N–H and O–H groups in total. The SMILES string of the molecule is Cc1ccc(OCCOCCOCCOCCOCCOCCOCCOCCOCCOCCOCCOCCO)cc1. The van der Waals surface area contributed by atoms with E-state index in [1.807, 2.05) is 31.2 Å². The van der Waals surface area contributed by atoms with Crippen molar-refractivity contribution in [1.29, 1.82) is 0 Å². The smallest absolute Gasteiger partial charge is 0.119 e. The quantitative estimate of drug-likeness (QED) is 0.107. The van der Waals surface area contributed by atoms with E-state index in [9.17, 15) is 0 Å². The van der Waals surface area contributed by atoms with Crippen LogP contribution in [0.25, 0.3) is 0 Å². The number of aliphatic hydroxyl groups excluding tert-OH is 1. The first-order valence-electron chi connectivity index (χ1n) is 15.5. The van der Waals surface area contributed by atoms with Crippen LogP contribution >= 0.6 is 0 Å². The topological polar surface area (TPSA) is 131 Å². The molecule has 0 saturated carbocycles. The molecule has 1 rings (SSSR count). The fourth-order valence-corrected chi connectivity index (χ4v) is 3.22. The molecule has 0 aliphatic heterocycles. The fraction of sp³-hybridized carbons (Fsp3) is 0.806. The minimum Gasteiger partial charge on any atom is -0.491 e. The highest BCUT2D eigenvalue weighted by Crippen LogP contribution is 2.10. The van der Waals surface area contributed by atoms with E-state index < -0.39 is 0 Å². The van der Waals surface area contributed by atoms with Gasteiger partial charge in [-0.1, -0.05) is 17.7 Å². The summed E-state index contributed by atoms with van der Waals surface area (Å²) >= 11 is 0. The third-order valence-electron chi connectivity index (χ3n) is 5.47. The van der Waals surface area contributed by atoms with Crippen molar-refractivity contribution >= 4 is 0 Å². The van der Waals surface area contributed by atoms with Gasteiger partial charge in [-0.25, -0.2) is 0 Å². The highest BCUT2D eigenvalue weighted by Gasteiger charge is 1.97. The molecular formula is C31H56O13. The van der Waals surface area contributed by atoms with Gasteiger partial charge in [-0.2, -0.15) is 0 Å². The lowest BCUT2D eigenvalue weighted by Crippen LogP contribution is -2.15. The Balaban J connectivity index is 1.62. The van der Waals surface area contributed by atoms with E-state index in [4.69, 9.17) is 61.9 Å². The van der Waals surface area contributed by atoms with Crippen molar-refractivity contribution in [1.82, 2.24) is 0 Å². The standard InChI is InChI=1S/C31H56O13/c1-30-2-4-31(5-3-30)44-29-28-43-27-26-42-25-24-41-23-22-40-21-20-39-19-18-38-17-16-37-15-14-36-13-12-35-11-10-34-9-8-33-7-6-32/h2-5,32H,6-29H2,1H3. The van der Waals surface area contributed by atoms with Crippen molar-refractivity contribution < 1.29 is 61.9 Å². The maximum atomic E-state index is 8.57. The number of hydrogen-bond donors (Lipinski definition) is 1. The van der Waals surface area contributed by atoms with E-state index in [0.717, 1.165) is 5.75 Å². The van der Waals surface area contributed by atoms with E-state index in [1.165, 1.54) is 5.56 Å². The number of hydrogen-bond acceptors (Lipinski definition) is 13. The average molecular weight is 637 g/mol. The minimum atomic E-state index is 0.0254. The van der Waals surface area contributed by atoms with Gasteiger partial charge in [0.2, 0.25) is 0 Å². The van der Waals surface area contributed by atoms with Gasteiger partial charge in [-0.15, -0.1) is 0 Å². The Labute approximate surface area is 263 Å². The maximum Gasteiger partial charge on any atom is 0.119 e. The first kappa shape index (κ1) is 40.6. The number of aliphatic hydroxyl groups is 1. The van der Waals surface area contributed by atoms with Crippen LogP contribution in [0, 0.1) is 6.92 Å². The third kappa shape index (κ3) is 30.6. The predicted octanol–water partition coefficient (Wildman–Crippen LogP) is 1.55. The molecule has 13 nitrogen and oxygen atoms in total. The summed E-state index contributed by atoms with van der Waals surface area (Å²) in [5, 5.41) is 8.57. The molecule has 0 aromatic heterocycles. The minimum absolute atomic E-state index is 0.0254. The number of rotatable bonds is 36. The second-order valence-electron chi connectivity index (χ2n) is 9.12. The van der Waals surface area contributed by atoms with Gasteiger partial charge < -0.3 is 61.9 Å². The highest BCUT2D eigenvalue weighted by atomic mass is 16.6. The van der Waals surface area contributed by atoms with Crippen LogP contribution in [0.5, 0.6) is 5.75 Å². The normalized spacial score (nSPS) is 11.4. The second-order valence-corrected chi connectivity index (χ2v) is 9.12. The summed E-state index contributed by atoms with van der Waals surface area (Å²) in [6.07, 6.45) is 0. The summed E-state index contributed by atoms with van der Waals surface area (Å²) in [6, 6.07) is 7.95. The van der Waals surface area contributed by atoms with Crippen molar-refractivity contribution in [2.24, 2.45) is 0 Å². The Hall–Kier alpha value is -1.46. The molecule has 0 bridgehead atoms. The van der Waals surface area contributed by atoms with Crippen molar-refractivity contribution in [3.05, 3.63) is 29.8 Å². The van der Waals surface area contributed by atoms with Crippen LogP contribution in [0.1, 0.15) is 5.56 Å². The maximum absolute atomic E-state index is 8.57. The molecule has 13 heteroatoms. The molecule has 0 heterocycles. The van der Waals surface area contributed by atoms with Gasteiger partial charge in [0.05, 0.1) is 152 Å². The van der Waals surface area contributed by atoms with Gasteiger partial charge in [-0.05, 0) is 19.1 Å². The summed E-state index contributed by atoms with van der Waals surface area (Å²) in [7, 11) is 0. The van der Waals surface area contributed by atoms with Crippen LogP contribution in [0.2, 0.25) is 0 Å². The first-order chi connectivity index (χ1) is 21.8. The van der Waals surface area contributed by atoms with E-state index in [1.54, 1.807) is 0 Å². The molecule has 0 spiro atoms. The molecule has 44 heavy (non-hydrogen) atoms. The molecule has 0 aliphatic carbocycles. The van der Waals surface area contributed by atoms with Crippen LogP contribution < -0.4 is 4.74 Å². The van der Waals surface area contributed by atoms with Crippen molar-refractivity contribution in [3.63, 3.8) is 0 Å². The molecule has 0 saturated heterocycles. The Kier molecular flexibility index (Phi) is 31.7. The van der Waals surface area contributed by atoms with Gasteiger partial charge in [-0.3, -0.25) is 0 Å². The van der Waals surface area contributed by atoms with Crippen LogP contribution in [-0.2, 0) is 52.1 Å². The zero-order valence-corrected chi connectivity index (χ0v) is 26.6. The lowest BCUT2D eigenvalue weighted by Gasteiger charge is -2.09. The monoisotopic (exact) mass is 636 g/mol. The Morgan fingerprint density at radius 2 is 0.568 bits per heavy atom. The Morgan fingerprint density at radius 3 is 0.818 bits per heavy atom. The lowest BCUT2D eigenvalue weighted by molar-refractivity contribution is -0.0280. The van der Waals surface area contributed by atoms with Gasteiger partial charge in [0.25, 0.3) is 0 Å². The molecule has 1 aromatic carbocycles. The van der Waals surface area contributed by atoms with Crippen molar-refractivity contribution in [2.45, 2.75) is 6.92 Å². The van der Waals surface area contributed by atoms with Gasteiger partial charge in [0.15, 0.2) is 0 Å².